The van der Waals surface area contributed by atoms with Crippen molar-refractivity contribution in [1.29, 1.82) is 0 Å². The van der Waals surface area contributed by atoms with E-state index in [1.54, 1.807) is 18.2 Å². The zero-order valence-electron chi connectivity index (χ0n) is 53.3. The van der Waals surface area contributed by atoms with Crippen LogP contribution in [0.5, 0.6) is 40.2 Å². The topological polar surface area (TPSA) is 617 Å². The average molecular weight is 1430 g/mol. The second kappa shape index (κ2) is 35.2. The standard InChI is InChI=1S/2C17H20O9.C16H18O9.C16H18O8/c1-25-12-4-2-9(6-10(12)18)3-5-14(20)26-13-8-17(24,16(22)23)7-11(19)15(13)21;1-25-12-6-9(2-4-10(12)18)3-5-14(20)26-13-8-17(24,16(22)23)7-11(19)15(13)21;17-9-3-1-8(5-10(9)18)2-4-13(20)25-12-7-16(24,15(22)23)6-11(19)14(12)21;17-10-4-1-9(2-5-10)3-6-13(19)24-12-8-16(23,15(21)22)7-11(18)14(12)20/h2*2-6,11,13,15,18-19,21,24H,7-8H2,1H3,(H,22,23);1-5,11-12,14,17-19,21,24H,6-7H2,(H,22,23);1-6,11-12,14,17-18,20,23H,7-8H2,(H,21,22)/b2*5-3+;4-2+;6-3+/t2*11-,13-,15-,17+;2*11-,12-,14-,16+/m1111/s1. The molecule has 4 aliphatic carbocycles. The number of phenolic OH excluding ortho intramolecular Hbond substituents is 5. The molecule has 0 aliphatic heterocycles. The van der Waals surface area contributed by atoms with E-state index in [2.05, 4.69) is 0 Å². The van der Waals surface area contributed by atoms with Crippen molar-refractivity contribution in [3.8, 4) is 40.2 Å². The van der Waals surface area contributed by atoms with Crippen LogP contribution in [-0.4, -0.2) is 265 Å². The first-order valence-corrected chi connectivity index (χ1v) is 30.0. The summed E-state index contributed by atoms with van der Waals surface area (Å²) < 4.78 is 29.7. The number of phenols is 5. The van der Waals surface area contributed by atoms with Crippen LogP contribution in [0.1, 0.15) is 73.6 Å². The molecule has 101 heavy (non-hydrogen) atoms. The van der Waals surface area contributed by atoms with Crippen molar-refractivity contribution in [3.05, 3.63) is 125 Å². The third-order valence-corrected chi connectivity index (χ3v) is 16.1. The highest BCUT2D eigenvalue weighted by Crippen LogP contribution is 2.37. The van der Waals surface area contributed by atoms with Gasteiger partial charge in [-0.05, 0) is 95.1 Å². The summed E-state index contributed by atoms with van der Waals surface area (Å²) in [4.78, 5) is 91.9. The number of rotatable bonds is 18. The maximum atomic E-state index is 11.9. The quantitative estimate of drug-likeness (QED) is 0.0229. The van der Waals surface area contributed by atoms with Gasteiger partial charge in [-0.1, -0.05) is 30.3 Å². The minimum Gasteiger partial charge on any atom is -0.508 e. The van der Waals surface area contributed by atoms with Gasteiger partial charge >= 0.3 is 47.8 Å². The van der Waals surface area contributed by atoms with Gasteiger partial charge in [0, 0.05) is 75.7 Å². The molecule has 21 N–H and O–H groups in total. The Morgan fingerprint density at radius 3 is 0.891 bits per heavy atom. The largest absolute Gasteiger partial charge is 0.508 e. The van der Waals surface area contributed by atoms with Gasteiger partial charge in [0.1, 0.15) is 54.6 Å². The monoisotopic (exact) mass is 1430 g/mol. The van der Waals surface area contributed by atoms with Gasteiger partial charge in [-0.3, -0.25) is 0 Å². The number of hydrogen-bond donors (Lipinski definition) is 21. The molecular formula is C66H76O35. The van der Waals surface area contributed by atoms with Crippen molar-refractivity contribution in [2.45, 2.75) is 147 Å². The number of carbonyl (C=O) groups is 8. The van der Waals surface area contributed by atoms with E-state index in [1.165, 1.54) is 99.2 Å². The Labute approximate surface area is 571 Å². The molecule has 0 heterocycles. The van der Waals surface area contributed by atoms with E-state index in [9.17, 15) is 120 Å². The molecular weight excluding hydrogens is 1350 g/mol. The number of ether oxygens (including phenoxy) is 6. The van der Waals surface area contributed by atoms with Crippen LogP contribution < -0.4 is 9.47 Å². The number of carboxylic acids is 4. The third-order valence-electron chi connectivity index (χ3n) is 16.1. The molecule has 35 nitrogen and oxygen atoms in total. The highest BCUT2D eigenvalue weighted by atomic mass is 16.6. The van der Waals surface area contributed by atoms with Crippen molar-refractivity contribution in [2.24, 2.45) is 0 Å². The molecule has 0 amide bonds. The number of carboxylic acid groups (broad SMARTS) is 4. The number of aliphatic hydroxyl groups excluding tert-OH is 8. The van der Waals surface area contributed by atoms with Crippen LogP contribution in [0, 0.1) is 0 Å². The molecule has 550 valence electrons. The van der Waals surface area contributed by atoms with E-state index < -0.39 is 195 Å². The number of benzene rings is 4. The number of hydrogen-bond acceptors (Lipinski definition) is 31. The van der Waals surface area contributed by atoms with E-state index in [-0.39, 0.29) is 40.2 Å². The summed E-state index contributed by atoms with van der Waals surface area (Å²) in [6.07, 6.45) is -12.9. The summed E-state index contributed by atoms with van der Waals surface area (Å²) in [7, 11) is 2.76. The van der Waals surface area contributed by atoms with Gasteiger partial charge in [0.2, 0.25) is 0 Å². The molecule has 0 unspecified atom stereocenters. The Hall–Kier alpha value is -10.3. The fourth-order valence-electron chi connectivity index (χ4n) is 10.4. The fourth-order valence-corrected chi connectivity index (χ4v) is 10.4. The SMILES string of the molecule is COc1cc(/C=C/C(=O)O[C@@H]2C[C@](O)(C(=O)O)C[C@@H](O)[C@H]2O)ccc1O.COc1ccc(/C=C/C(=O)O[C@@H]2C[C@](O)(C(=O)O)C[C@@H](O)[C@H]2O)cc1O.O=C(/C=C/c1ccc(O)c(O)c1)O[C@@H]1C[C@](O)(C(=O)O)C[C@@H](O)[C@H]1O.O=C(/C=C/c1ccc(O)cc1)O[C@@H]1C[C@](O)(C(=O)O)C[C@@H](O)[C@H]1O. The summed E-state index contributed by atoms with van der Waals surface area (Å²) in [6.45, 7) is 0. The van der Waals surface area contributed by atoms with Crippen LogP contribution in [0.2, 0.25) is 0 Å². The van der Waals surface area contributed by atoms with E-state index in [4.69, 9.17) is 54.0 Å². The van der Waals surface area contributed by atoms with Gasteiger partial charge in [-0.25, -0.2) is 38.4 Å². The highest BCUT2D eigenvalue weighted by Gasteiger charge is 2.54. The Bertz CT molecular complexity index is 3720. The first kappa shape index (κ1) is 81.4. The summed E-state index contributed by atoms with van der Waals surface area (Å²) in [5, 5.41) is 201. The van der Waals surface area contributed by atoms with Crippen LogP contribution >= 0.6 is 0 Å². The number of aliphatic hydroxyl groups is 12. The second-order valence-corrected chi connectivity index (χ2v) is 23.6. The molecule has 0 radical (unpaired) electrons. The lowest BCUT2D eigenvalue weighted by Crippen LogP contribution is -2.57. The zero-order chi connectivity index (χ0) is 75.6. The Balaban J connectivity index is 0.000000243. The number of carbonyl (C=O) groups excluding carboxylic acids is 4. The lowest BCUT2D eigenvalue weighted by atomic mass is 9.79. The number of methoxy groups -OCH3 is 2. The van der Waals surface area contributed by atoms with E-state index in [0.29, 0.717) is 22.3 Å². The van der Waals surface area contributed by atoms with Crippen molar-refractivity contribution < 1.29 is 174 Å². The predicted octanol–water partition coefficient (Wildman–Crippen LogP) is -1.68. The molecule has 4 fully saturated rings. The maximum absolute atomic E-state index is 11.9. The van der Waals surface area contributed by atoms with Crippen molar-refractivity contribution in [1.82, 2.24) is 0 Å². The lowest BCUT2D eigenvalue weighted by Gasteiger charge is -2.39. The minimum absolute atomic E-state index is 0.0699. The fraction of sp³-hybridized carbons (Fsp3) is 0.394. The molecule has 35 heteroatoms. The first-order chi connectivity index (χ1) is 47.1. The molecule has 0 aromatic heterocycles. The van der Waals surface area contributed by atoms with Crippen molar-refractivity contribution in [3.63, 3.8) is 0 Å². The lowest BCUT2D eigenvalue weighted by molar-refractivity contribution is -0.196. The van der Waals surface area contributed by atoms with Gasteiger partial charge in [0.15, 0.2) is 56.9 Å². The highest BCUT2D eigenvalue weighted by molar-refractivity contribution is 5.90. The van der Waals surface area contributed by atoms with E-state index >= 15 is 0 Å². The molecule has 4 aromatic rings. The van der Waals surface area contributed by atoms with Crippen LogP contribution in [0.25, 0.3) is 24.3 Å². The second-order valence-electron chi connectivity index (χ2n) is 23.6. The summed E-state index contributed by atoms with van der Waals surface area (Å²) in [5.74, 6) is -10.3. The first-order valence-electron chi connectivity index (χ1n) is 30.0. The van der Waals surface area contributed by atoms with Gasteiger partial charge in [-0.2, -0.15) is 0 Å². The molecule has 0 saturated heterocycles. The average Bonchev–Trinajstić information content (AvgIpc) is 0.813. The van der Waals surface area contributed by atoms with Gasteiger partial charge < -0.3 is 136 Å². The van der Waals surface area contributed by atoms with E-state index in [0.717, 1.165) is 24.3 Å². The predicted molar refractivity (Wildman–Crippen MR) is 338 cm³/mol. The summed E-state index contributed by atoms with van der Waals surface area (Å²) in [6, 6.07) is 18.6. The number of aliphatic carboxylic acids is 4. The zero-order valence-corrected chi connectivity index (χ0v) is 53.3. The molecule has 0 bridgehead atoms. The van der Waals surface area contributed by atoms with Gasteiger partial charge in [0.05, 0.1) is 38.6 Å². The minimum atomic E-state index is -2.31. The molecule has 8 rings (SSSR count). The Morgan fingerprint density at radius 1 is 0.337 bits per heavy atom. The number of aromatic hydroxyl groups is 5. The van der Waals surface area contributed by atoms with Gasteiger partial charge in [-0.15, -0.1) is 0 Å². The molecule has 4 aromatic carbocycles. The smallest absolute Gasteiger partial charge is 0.335 e. The van der Waals surface area contributed by atoms with Crippen LogP contribution in [0.4, 0.5) is 0 Å². The van der Waals surface area contributed by atoms with Crippen molar-refractivity contribution >= 4 is 72.1 Å². The van der Waals surface area contributed by atoms with Crippen molar-refractivity contribution in [2.75, 3.05) is 14.2 Å². The maximum Gasteiger partial charge on any atom is 0.335 e. The summed E-state index contributed by atoms with van der Waals surface area (Å²) >= 11 is 0. The third kappa shape index (κ3) is 22.6. The summed E-state index contributed by atoms with van der Waals surface area (Å²) in [5.41, 5.74) is -7.21. The van der Waals surface area contributed by atoms with E-state index in [1.807, 2.05) is 0 Å². The molecule has 4 aliphatic rings. The number of esters is 4. The van der Waals surface area contributed by atoms with Crippen LogP contribution in [0.15, 0.2) is 103 Å². The van der Waals surface area contributed by atoms with Crippen LogP contribution in [0.3, 0.4) is 0 Å². The van der Waals surface area contributed by atoms with Gasteiger partial charge in [0.25, 0.3) is 0 Å². The Kier molecular flexibility index (Phi) is 28.3. The molecule has 4 saturated carbocycles. The Morgan fingerprint density at radius 2 is 0.604 bits per heavy atom. The normalized spacial score (nSPS) is 29.2. The molecule has 0 spiro atoms. The molecule has 16 atom stereocenters. The van der Waals surface area contributed by atoms with Crippen LogP contribution in [-0.2, 0) is 57.3 Å².